The van der Waals surface area contributed by atoms with Crippen LogP contribution in [-0.4, -0.2) is 10.2 Å². The standard InChI is InChI=1S/C5H8N2OS/c1-2-3-4-6-7-5(9)8-4/h2-3H2,1H3,(H,7,9). The minimum atomic E-state index is 0.346. The molecule has 3 nitrogen and oxygen atoms in total. The molecule has 0 saturated heterocycles. The van der Waals surface area contributed by atoms with E-state index in [0.29, 0.717) is 11.1 Å². The van der Waals surface area contributed by atoms with Crippen LogP contribution in [0.4, 0.5) is 0 Å². The highest BCUT2D eigenvalue weighted by atomic mass is 32.1. The van der Waals surface area contributed by atoms with E-state index in [0.717, 1.165) is 12.8 Å². The van der Waals surface area contributed by atoms with E-state index in [-0.39, 0.29) is 0 Å². The Kier molecular flexibility index (Phi) is 2.10. The van der Waals surface area contributed by atoms with Crippen molar-refractivity contribution in [2.45, 2.75) is 25.0 Å². The van der Waals surface area contributed by atoms with E-state index >= 15 is 0 Å². The summed E-state index contributed by atoms with van der Waals surface area (Å²) in [5.74, 6) is 0.669. The molecule has 0 aliphatic carbocycles. The Morgan fingerprint density at radius 1 is 1.56 bits per heavy atom. The average Bonchev–Trinajstić information content (AvgIpc) is 2.17. The van der Waals surface area contributed by atoms with Gasteiger partial charge in [0.05, 0.1) is 0 Å². The molecule has 1 heterocycles. The summed E-state index contributed by atoms with van der Waals surface area (Å²) in [5.41, 5.74) is 0. The van der Waals surface area contributed by atoms with Gasteiger partial charge < -0.3 is 4.42 Å². The van der Waals surface area contributed by atoms with Gasteiger partial charge in [-0.15, -0.1) is 10.2 Å². The van der Waals surface area contributed by atoms with Crippen molar-refractivity contribution in [3.63, 3.8) is 0 Å². The second-order valence-corrected chi connectivity index (χ2v) is 2.11. The highest BCUT2D eigenvalue weighted by Crippen LogP contribution is 2.04. The molecule has 0 unspecified atom stereocenters. The predicted octanol–water partition coefficient (Wildman–Crippen LogP) is 1.31. The minimum absolute atomic E-state index is 0.346. The summed E-state index contributed by atoms with van der Waals surface area (Å²) in [6.07, 6.45) is 1.86. The molecule has 1 rings (SSSR count). The maximum atomic E-state index is 4.97. The number of nitrogens with zero attached hydrogens (tertiary/aromatic N) is 2. The molecule has 0 radical (unpaired) electrons. The highest BCUT2D eigenvalue weighted by molar-refractivity contribution is 7.80. The van der Waals surface area contributed by atoms with E-state index in [1.807, 2.05) is 0 Å². The SMILES string of the molecule is CCCc1nnc(S)o1. The largest absolute Gasteiger partial charge is 0.416 e. The van der Waals surface area contributed by atoms with Crippen LogP contribution in [0, 0.1) is 0 Å². The second kappa shape index (κ2) is 2.87. The Morgan fingerprint density at radius 2 is 2.33 bits per heavy atom. The number of thiol groups is 1. The fourth-order valence-corrected chi connectivity index (χ4v) is 0.710. The van der Waals surface area contributed by atoms with Crippen molar-refractivity contribution in [3.8, 4) is 0 Å². The first kappa shape index (κ1) is 6.61. The van der Waals surface area contributed by atoms with Gasteiger partial charge in [-0.3, -0.25) is 0 Å². The molecular formula is C5H8N2OS. The quantitative estimate of drug-likeness (QED) is 0.636. The lowest BCUT2D eigenvalue weighted by Crippen LogP contribution is -1.80. The Morgan fingerprint density at radius 3 is 2.78 bits per heavy atom. The minimum Gasteiger partial charge on any atom is -0.416 e. The van der Waals surface area contributed by atoms with Crippen LogP contribution in [0.5, 0.6) is 0 Å². The molecular weight excluding hydrogens is 136 g/mol. The molecule has 0 saturated carbocycles. The number of rotatable bonds is 2. The molecule has 50 valence electrons. The Bertz CT molecular complexity index is 187. The third-order valence-electron chi connectivity index (χ3n) is 0.920. The molecule has 0 aromatic carbocycles. The normalized spacial score (nSPS) is 10.0. The number of aromatic nitrogens is 2. The van der Waals surface area contributed by atoms with Gasteiger partial charge in [-0.25, -0.2) is 0 Å². The van der Waals surface area contributed by atoms with Crippen LogP contribution in [0.3, 0.4) is 0 Å². The van der Waals surface area contributed by atoms with E-state index in [9.17, 15) is 0 Å². The molecule has 1 aromatic heterocycles. The van der Waals surface area contributed by atoms with Gasteiger partial charge in [0.2, 0.25) is 5.89 Å². The molecule has 0 fully saturated rings. The molecule has 0 N–H and O–H groups in total. The highest BCUT2D eigenvalue weighted by Gasteiger charge is 1.98. The van der Waals surface area contributed by atoms with Crippen LogP contribution in [0.25, 0.3) is 0 Å². The van der Waals surface area contributed by atoms with Crippen molar-refractivity contribution in [1.29, 1.82) is 0 Å². The summed E-state index contributed by atoms with van der Waals surface area (Å²) in [4.78, 5) is 0. The van der Waals surface area contributed by atoms with E-state index in [4.69, 9.17) is 4.42 Å². The number of hydrogen-bond donors (Lipinski definition) is 1. The van der Waals surface area contributed by atoms with E-state index < -0.39 is 0 Å². The average molecular weight is 144 g/mol. The smallest absolute Gasteiger partial charge is 0.273 e. The van der Waals surface area contributed by atoms with Crippen LogP contribution >= 0.6 is 12.6 Å². The summed E-state index contributed by atoms with van der Waals surface area (Å²) >= 11 is 3.86. The molecule has 4 heteroatoms. The van der Waals surface area contributed by atoms with Gasteiger partial charge >= 0.3 is 0 Å². The molecule has 0 atom stereocenters. The first-order valence-electron chi connectivity index (χ1n) is 2.84. The Hall–Kier alpha value is -0.510. The van der Waals surface area contributed by atoms with Crippen molar-refractivity contribution in [2.24, 2.45) is 0 Å². The summed E-state index contributed by atoms with van der Waals surface area (Å²) in [6, 6.07) is 0. The van der Waals surface area contributed by atoms with Crippen molar-refractivity contribution < 1.29 is 4.42 Å². The molecule has 0 aliphatic heterocycles. The van der Waals surface area contributed by atoms with Crippen molar-refractivity contribution in [2.75, 3.05) is 0 Å². The molecule has 9 heavy (non-hydrogen) atoms. The Labute approximate surface area is 58.9 Å². The second-order valence-electron chi connectivity index (χ2n) is 1.73. The van der Waals surface area contributed by atoms with Gasteiger partial charge in [0.15, 0.2) is 0 Å². The third-order valence-corrected chi connectivity index (χ3v) is 1.10. The lowest BCUT2D eigenvalue weighted by molar-refractivity contribution is 0.413. The predicted molar refractivity (Wildman–Crippen MR) is 35.5 cm³/mol. The van der Waals surface area contributed by atoms with Gasteiger partial charge in [0, 0.05) is 6.42 Å². The zero-order valence-corrected chi connectivity index (χ0v) is 6.06. The van der Waals surface area contributed by atoms with Crippen LogP contribution in [-0.2, 0) is 6.42 Å². The van der Waals surface area contributed by atoms with E-state index in [2.05, 4.69) is 29.7 Å². The van der Waals surface area contributed by atoms with Crippen LogP contribution < -0.4 is 0 Å². The molecule has 0 amide bonds. The number of hydrogen-bond acceptors (Lipinski definition) is 4. The topological polar surface area (TPSA) is 38.9 Å². The van der Waals surface area contributed by atoms with Crippen molar-refractivity contribution in [1.82, 2.24) is 10.2 Å². The van der Waals surface area contributed by atoms with Crippen LogP contribution in [0.1, 0.15) is 19.2 Å². The molecule has 1 aromatic rings. The van der Waals surface area contributed by atoms with Crippen molar-refractivity contribution >= 4 is 12.6 Å². The van der Waals surface area contributed by atoms with E-state index in [1.165, 1.54) is 0 Å². The first-order chi connectivity index (χ1) is 4.33. The number of aryl methyl sites for hydroxylation is 1. The lowest BCUT2D eigenvalue weighted by Gasteiger charge is -1.83. The fraction of sp³-hybridized carbons (Fsp3) is 0.600. The summed E-state index contributed by atoms with van der Waals surface area (Å²) in [5, 5.41) is 7.64. The summed E-state index contributed by atoms with van der Waals surface area (Å²) in [7, 11) is 0. The lowest BCUT2D eigenvalue weighted by atomic mass is 10.3. The summed E-state index contributed by atoms with van der Waals surface area (Å²) < 4.78 is 4.97. The first-order valence-corrected chi connectivity index (χ1v) is 3.29. The van der Waals surface area contributed by atoms with Gasteiger partial charge in [0.25, 0.3) is 5.22 Å². The molecule has 0 bridgehead atoms. The third kappa shape index (κ3) is 1.71. The maximum absolute atomic E-state index is 4.97. The van der Waals surface area contributed by atoms with Crippen LogP contribution in [0.2, 0.25) is 0 Å². The maximum Gasteiger partial charge on any atom is 0.273 e. The zero-order valence-electron chi connectivity index (χ0n) is 5.16. The molecule has 0 aliphatic rings. The van der Waals surface area contributed by atoms with E-state index in [1.54, 1.807) is 0 Å². The summed E-state index contributed by atoms with van der Waals surface area (Å²) in [6.45, 7) is 2.06. The van der Waals surface area contributed by atoms with Crippen LogP contribution in [0.15, 0.2) is 9.64 Å². The van der Waals surface area contributed by atoms with Crippen molar-refractivity contribution in [3.05, 3.63) is 5.89 Å². The monoisotopic (exact) mass is 144 g/mol. The van der Waals surface area contributed by atoms with Gasteiger partial charge in [0.1, 0.15) is 0 Å². The molecule has 0 spiro atoms. The van der Waals surface area contributed by atoms with Gasteiger partial charge in [-0.2, -0.15) is 0 Å². The van der Waals surface area contributed by atoms with Gasteiger partial charge in [-0.1, -0.05) is 19.6 Å². The van der Waals surface area contributed by atoms with Gasteiger partial charge in [-0.05, 0) is 6.42 Å². The zero-order chi connectivity index (χ0) is 6.69. The fourth-order valence-electron chi connectivity index (χ4n) is 0.560. The Balaban J connectivity index is 2.61.